The topological polar surface area (TPSA) is 157 Å². The lowest BCUT2D eigenvalue weighted by Crippen LogP contribution is -2.14. The average Bonchev–Trinajstić information content (AvgIpc) is 3.58. The van der Waals surface area contributed by atoms with Crippen LogP contribution in [-0.4, -0.2) is 40.4 Å². The molecule has 4 aromatic heterocycles. The van der Waals surface area contributed by atoms with Crippen LogP contribution in [0, 0.1) is 27.3 Å². The van der Waals surface area contributed by atoms with E-state index in [0.29, 0.717) is 22.4 Å². The summed E-state index contributed by atoms with van der Waals surface area (Å²) < 4.78 is 16.4. The van der Waals surface area contributed by atoms with Gasteiger partial charge in [-0.3, -0.25) is 14.9 Å². The van der Waals surface area contributed by atoms with Gasteiger partial charge in [-0.15, -0.1) is 0 Å². The minimum Gasteiger partial charge on any atom is -0.305 e. The number of halogens is 1. The van der Waals surface area contributed by atoms with E-state index >= 15 is 0 Å². The number of rotatable bonds is 5. The maximum atomic E-state index is 13.8. The van der Waals surface area contributed by atoms with E-state index in [-0.39, 0.29) is 32.9 Å². The number of hydrogen-bond acceptors (Lipinski definition) is 9. The maximum Gasteiger partial charge on any atom is 0.324 e. The van der Waals surface area contributed by atoms with E-state index in [0.717, 1.165) is 0 Å². The van der Waals surface area contributed by atoms with E-state index < -0.39 is 16.6 Å². The Hall–Kier alpha value is -5.03. The van der Waals surface area contributed by atoms with Gasteiger partial charge in [-0.2, -0.15) is 25.4 Å². The van der Waals surface area contributed by atoms with Crippen molar-refractivity contribution in [3.63, 3.8) is 0 Å². The van der Waals surface area contributed by atoms with Crippen LogP contribution >= 0.6 is 11.3 Å². The molecule has 1 aromatic carbocycles. The molecule has 1 N–H and O–H groups in total. The first-order chi connectivity index (χ1) is 16.4. The lowest BCUT2D eigenvalue weighted by atomic mass is 10.3. The van der Waals surface area contributed by atoms with Crippen LogP contribution in [0.1, 0.15) is 15.2 Å². The number of thiophene rings is 1. The molecule has 1 amide bonds. The Labute approximate surface area is 192 Å². The van der Waals surface area contributed by atoms with Crippen LogP contribution in [0.2, 0.25) is 0 Å². The number of amides is 1. The molecule has 0 fully saturated rings. The number of nitriles is 1. The van der Waals surface area contributed by atoms with Crippen LogP contribution in [0.3, 0.4) is 0 Å². The lowest BCUT2D eigenvalue weighted by molar-refractivity contribution is -0.380. The van der Waals surface area contributed by atoms with Gasteiger partial charge in [-0.1, -0.05) is 17.4 Å². The fourth-order valence-electron chi connectivity index (χ4n) is 3.10. The van der Waals surface area contributed by atoms with Crippen LogP contribution in [0.5, 0.6) is 0 Å². The Morgan fingerprint density at radius 2 is 2.06 bits per heavy atom. The molecule has 5 rings (SSSR count). The second-order valence-electron chi connectivity index (χ2n) is 6.78. The van der Waals surface area contributed by atoms with E-state index in [2.05, 4.69) is 25.5 Å². The molecule has 0 radical (unpaired) electrons. The first kappa shape index (κ1) is 20.8. The SMILES string of the molecule is N#Cc1cnn(-c2nc(NC(=O)c3ccc([N+](=O)[O-])s3)c3cnn(-c4cccc(F)c4)c3n2)c1. The number of fused-ring (bicyclic) bond motifs is 1. The van der Waals surface area contributed by atoms with Crippen LogP contribution in [0.4, 0.5) is 15.2 Å². The molecular formula is C20H10FN9O3S. The molecular weight excluding hydrogens is 465 g/mol. The van der Waals surface area contributed by atoms with Gasteiger partial charge in [0.25, 0.3) is 11.9 Å². The van der Waals surface area contributed by atoms with Gasteiger partial charge in [0.2, 0.25) is 0 Å². The molecule has 34 heavy (non-hydrogen) atoms. The lowest BCUT2D eigenvalue weighted by Gasteiger charge is -2.08. The first-order valence-corrected chi connectivity index (χ1v) is 10.3. The van der Waals surface area contributed by atoms with Gasteiger partial charge >= 0.3 is 5.00 Å². The third-order valence-corrected chi connectivity index (χ3v) is 5.65. The Bertz CT molecular complexity index is 1630. The number of anilines is 1. The first-order valence-electron chi connectivity index (χ1n) is 9.45. The third-order valence-electron chi connectivity index (χ3n) is 4.61. The number of benzene rings is 1. The summed E-state index contributed by atoms with van der Waals surface area (Å²) in [6, 6.07) is 10.2. The average molecular weight is 475 g/mol. The molecule has 5 aromatic rings. The van der Waals surface area contributed by atoms with Gasteiger partial charge < -0.3 is 5.32 Å². The molecule has 4 heterocycles. The van der Waals surface area contributed by atoms with E-state index in [9.17, 15) is 19.3 Å². The van der Waals surface area contributed by atoms with Gasteiger partial charge in [-0.05, 0) is 24.3 Å². The summed E-state index contributed by atoms with van der Waals surface area (Å²) in [7, 11) is 0. The normalized spacial score (nSPS) is 10.8. The summed E-state index contributed by atoms with van der Waals surface area (Å²) in [5.41, 5.74) is 0.875. The molecule has 0 spiro atoms. The Morgan fingerprint density at radius 3 is 2.76 bits per heavy atom. The minimum absolute atomic E-state index is 0.0135. The molecule has 0 bridgehead atoms. The number of nitrogens with one attached hydrogen (secondary N) is 1. The summed E-state index contributed by atoms with van der Waals surface area (Å²) in [6.07, 6.45) is 4.12. The van der Waals surface area contributed by atoms with Crippen molar-refractivity contribution in [2.75, 3.05) is 5.32 Å². The molecule has 0 aliphatic carbocycles. The van der Waals surface area contributed by atoms with Crippen LogP contribution in [0.15, 0.2) is 55.0 Å². The minimum atomic E-state index is -0.624. The van der Waals surface area contributed by atoms with E-state index in [4.69, 9.17) is 5.26 Å². The van der Waals surface area contributed by atoms with E-state index in [1.807, 2.05) is 6.07 Å². The van der Waals surface area contributed by atoms with Crippen molar-refractivity contribution < 1.29 is 14.1 Å². The molecule has 0 saturated heterocycles. The number of carbonyl (C=O) groups excluding carboxylic acids is 1. The van der Waals surface area contributed by atoms with Crippen molar-refractivity contribution in [3.05, 3.63) is 81.4 Å². The maximum absolute atomic E-state index is 13.8. The molecule has 0 aliphatic rings. The molecule has 0 unspecified atom stereocenters. The third kappa shape index (κ3) is 3.72. The fraction of sp³-hybridized carbons (Fsp3) is 0. The van der Waals surface area contributed by atoms with Crippen molar-refractivity contribution >= 4 is 39.1 Å². The van der Waals surface area contributed by atoms with Crippen molar-refractivity contribution in [1.29, 1.82) is 5.26 Å². The smallest absolute Gasteiger partial charge is 0.305 e. The van der Waals surface area contributed by atoms with Gasteiger partial charge in [0.1, 0.15) is 17.7 Å². The van der Waals surface area contributed by atoms with E-state index in [1.165, 1.54) is 58.3 Å². The monoisotopic (exact) mass is 475 g/mol. The summed E-state index contributed by atoms with van der Waals surface area (Å²) >= 11 is 0.714. The Kier molecular flexibility index (Phi) is 5.00. The molecule has 166 valence electrons. The number of carbonyl (C=O) groups is 1. The van der Waals surface area contributed by atoms with Crippen molar-refractivity contribution in [2.45, 2.75) is 0 Å². The summed E-state index contributed by atoms with van der Waals surface area (Å²) in [4.78, 5) is 32.0. The van der Waals surface area contributed by atoms with Crippen molar-refractivity contribution in [2.24, 2.45) is 0 Å². The number of nitro groups is 1. The molecule has 14 heteroatoms. The van der Waals surface area contributed by atoms with Crippen LogP contribution in [0.25, 0.3) is 22.7 Å². The van der Waals surface area contributed by atoms with E-state index in [1.54, 1.807) is 6.07 Å². The van der Waals surface area contributed by atoms with Gasteiger partial charge in [0.15, 0.2) is 5.65 Å². The zero-order valence-corrected chi connectivity index (χ0v) is 17.6. The summed E-state index contributed by atoms with van der Waals surface area (Å²) in [5, 5.41) is 31.1. The second kappa shape index (κ2) is 8.15. The molecule has 0 saturated carbocycles. The van der Waals surface area contributed by atoms with Gasteiger partial charge in [0.05, 0.1) is 45.0 Å². The predicted molar refractivity (Wildman–Crippen MR) is 117 cm³/mol. The van der Waals surface area contributed by atoms with Crippen molar-refractivity contribution in [3.8, 4) is 17.7 Å². The second-order valence-corrected chi connectivity index (χ2v) is 7.84. The number of aromatic nitrogens is 6. The van der Waals surface area contributed by atoms with Crippen LogP contribution < -0.4 is 5.32 Å². The highest BCUT2D eigenvalue weighted by atomic mass is 32.1. The Balaban J connectivity index is 1.64. The fourth-order valence-corrected chi connectivity index (χ4v) is 3.81. The molecule has 0 aliphatic heterocycles. The highest BCUT2D eigenvalue weighted by Gasteiger charge is 2.20. The Morgan fingerprint density at radius 1 is 1.21 bits per heavy atom. The zero-order valence-electron chi connectivity index (χ0n) is 16.8. The zero-order chi connectivity index (χ0) is 23.8. The number of hydrogen-bond donors (Lipinski definition) is 1. The van der Waals surface area contributed by atoms with Crippen LogP contribution in [-0.2, 0) is 0 Å². The predicted octanol–water partition coefficient (Wildman–Crippen LogP) is 3.23. The summed E-state index contributed by atoms with van der Waals surface area (Å²) in [6.45, 7) is 0. The largest absolute Gasteiger partial charge is 0.324 e. The summed E-state index contributed by atoms with van der Waals surface area (Å²) in [5.74, 6) is -1.04. The molecule has 0 atom stereocenters. The highest BCUT2D eigenvalue weighted by molar-refractivity contribution is 7.17. The molecule has 12 nitrogen and oxygen atoms in total. The standard InChI is InChI=1S/C20H10FN9O3S/c21-12-2-1-3-13(6-12)29-18-14(9-24-29)17(25-19(31)15-4-5-16(34-15)30(32)33)26-20(27-18)28-10-11(7-22)8-23-28/h1-6,8-10H,(H,25,26,27,31). The van der Waals surface area contributed by atoms with Gasteiger partial charge in [-0.25, -0.2) is 13.8 Å². The highest BCUT2D eigenvalue weighted by Crippen LogP contribution is 2.27. The van der Waals surface area contributed by atoms with Gasteiger partial charge in [0, 0.05) is 6.07 Å². The quantitative estimate of drug-likeness (QED) is 0.300. The number of nitrogens with zero attached hydrogens (tertiary/aromatic N) is 8. The van der Waals surface area contributed by atoms with Crippen molar-refractivity contribution in [1.82, 2.24) is 29.5 Å².